The van der Waals surface area contributed by atoms with Crippen molar-refractivity contribution in [2.75, 3.05) is 10.6 Å². The predicted octanol–water partition coefficient (Wildman–Crippen LogP) is 4.92. The van der Waals surface area contributed by atoms with Gasteiger partial charge in [0, 0.05) is 27.6 Å². The molecule has 2 N–H and O–H groups in total. The van der Waals surface area contributed by atoms with Crippen LogP contribution in [0.1, 0.15) is 10.5 Å². The summed E-state index contributed by atoms with van der Waals surface area (Å²) in [6, 6.07) is 11.8. The fourth-order valence-corrected chi connectivity index (χ4v) is 2.55. The summed E-state index contributed by atoms with van der Waals surface area (Å²) in [5.41, 5.74) is 1.20. The van der Waals surface area contributed by atoms with E-state index in [-0.39, 0.29) is 17.5 Å². The fraction of sp³-hybridized carbons (Fsp3) is 0. The van der Waals surface area contributed by atoms with Crippen LogP contribution in [0.3, 0.4) is 0 Å². The fourth-order valence-electron chi connectivity index (χ4n) is 2.03. The molecule has 0 saturated heterocycles. The van der Waals surface area contributed by atoms with Crippen molar-refractivity contribution in [2.24, 2.45) is 0 Å². The topological polar surface area (TPSA) is 66.9 Å². The number of nitrogens with zero attached hydrogens (tertiary/aromatic N) is 2. The van der Waals surface area contributed by atoms with E-state index in [1.54, 1.807) is 18.2 Å². The van der Waals surface area contributed by atoms with Crippen molar-refractivity contribution in [3.63, 3.8) is 0 Å². The van der Waals surface area contributed by atoms with Crippen molar-refractivity contribution < 1.29 is 9.18 Å². The summed E-state index contributed by atoms with van der Waals surface area (Å²) in [6.07, 6.45) is 1.45. The normalized spacial score (nSPS) is 10.4. The molecule has 1 aromatic heterocycles. The average molecular weight is 377 g/mol. The quantitative estimate of drug-likeness (QED) is 0.678. The maximum absolute atomic E-state index is 12.9. The molecule has 0 aliphatic carbocycles. The Morgan fingerprint density at radius 2 is 1.64 bits per heavy atom. The Bertz CT molecular complexity index is 899. The van der Waals surface area contributed by atoms with Crippen molar-refractivity contribution in [1.82, 2.24) is 9.97 Å². The standard InChI is InChI=1S/C17H11Cl2FN4O/c18-10-7-11(19)9-14(8-10)23-17-21-6-5-15(24-17)16(25)22-13-3-1-12(20)2-4-13/h1-9H,(H,22,25)(H,21,23,24). The minimum Gasteiger partial charge on any atom is -0.324 e. The maximum Gasteiger partial charge on any atom is 0.274 e. The number of carbonyl (C=O) groups excluding carboxylic acids is 1. The van der Waals surface area contributed by atoms with Gasteiger partial charge in [0.05, 0.1) is 0 Å². The third-order valence-electron chi connectivity index (χ3n) is 3.11. The molecule has 0 spiro atoms. The second-order valence-corrected chi connectivity index (χ2v) is 5.88. The van der Waals surface area contributed by atoms with Crippen molar-refractivity contribution in [3.05, 3.63) is 76.3 Å². The van der Waals surface area contributed by atoms with Crippen molar-refractivity contribution in [2.45, 2.75) is 0 Å². The Morgan fingerprint density at radius 3 is 2.32 bits per heavy atom. The first-order valence-corrected chi connectivity index (χ1v) is 7.88. The van der Waals surface area contributed by atoms with E-state index in [9.17, 15) is 9.18 Å². The van der Waals surface area contributed by atoms with Gasteiger partial charge in [-0.1, -0.05) is 23.2 Å². The molecule has 0 radical (unpaired) electrons. The Hall–Kier alpha value is -2.70. The van der Waals surface area contributed by atoms with Crippen LogP contribution in [-0.4, -0.2) is 15.9 Å². The van der Waals surface area contributed by atoms with Gasteiger partial charge in [-0.2, -0.15) is 0 Å². The zero-order valence-corrected chi connectivity index (χ0v) is 14.1. The number of carbonyl (C=O) groups is 1. The lowest BCUT2D eigenvalue weighted by atomic mass is 10.3. The Labute approximate surface area is 152 Å². The zero-order chi connectivity index (χ0) is 17.8. The lowest BCUT2D eigenvalue weighted by molar-refractivity contribution is 0.102. The molecule has 25 heavy (non-hydrogen) atoms. The minimum absolute atomic E-state index is 0.148. The molecule has 1 heterocycles. The van der Waals surface area contributed by atoms with E-state index >= 15 is 0 Å². The molecule has 0 saturated carbocycles. The number of aromatic nitrogens is 2. The van der Waals surface area contributed by atoms with Crippen LogP contribution >= 0.6 is 23.2 Å². The first-order chi connectivity index (χ1) is 12.0. The average Bonchev–Trinajstić information content (AvgIpc) is 2.56. The van der Waals surface area contributed by atoms with Crippen LogP contribution in [0.2, 0.25) is 10.0 Å². The van der Waals surface area contributed by atoms with E-state index in [4.69, 9.17) is 23.2 Å². The Morgan fingerprint density at radius 1 is 0.960 bits per heavy atom. The summed E-state index contributed by atoms with van der Waals surface area (Å²) in [5.74, 6) is -0.613. The van der Waals surface area contributed by atoms with Crippen LogP contribution in [0.4, 0.5) is 21.7 Å². The van der Waals surface area contributed by atoms with Crippen LogP contribution < -0.4 is 10.6 Å². The van der Waals surface area contributed by atoms with Crippen LogP contribution in [0, 0.1) is 5.82 Å². The number of hydrogen-bond acceptors (Lipinski definition) is 4. The predicted molar refractivity (Wildman–Crippen MR) is 96.1 cm³/mol. The molecule has 0 unspecified atom stereocenters. The Kier molecular flexibility index (Phi) is 5.11. The number of amides is 1. The van der Waals surface area contributed by atoms with Gasteiger partial charge in [0.2, 0.25) is 5.95 Å². The van der Waals surface area contributed by atoms with Gasteiger partial charge in [0.1, 0.15) is 11.5 Å². The molecule has 0 atom stereocenters. The summed E-state index contributed by atoms with van der Waals surface area (Å²) in [5, 5.41) is 6.48. The highest BCUT2D eigenvalue weighted by Crippen LogP contribution is 2.24. The number of halogens is 3. The molecule has 0 fully saturated rings. The highest BCUT2D eigenvalue weighted by molar-refractivity contribution is 6.35. The summed E-state index contributed by atoms with van der Waals surface area (Å²) in [7, 11) is 0. The SMILES string of the molecule is O=C(Nc1ccc(F)cc1)c1ccnc(Nc2cc(Cl)cc(Cl)c2)n1. The highest BCUT2D eigenvalue weighted by Gasteiger charge is 2.10. The van der Waals surface area contributed by atoms with E-state index in [0.717, 1.165) is 0 Å². The summed E-state index contributed by atoms with van der Waals surface area (Å²) >= 11 is 11.9. The first kappa shape index (κ1) is 17.1. The summed E-state index contributed by atoms with van der Waals surface area (Å²) in [4.78, 5) is 20.5. The van der Waals surface area contributed by atoms with Gasteiger partial charge in [-0.25, -0.2) is 14.4 Å². The molecule has 0 aliphatic rings. The molecule has 126 valence electrons. The van der Waals surface area contributed by atoms with E-state index in [2.05, 4.69) is 20.6 Å². The first-order valence-electron chi connectivity index (χ1n) is 7.13. The molecule has 3 rings (SSSR count). The third kappa shape index (κ3) is 4.65. The number of benzene rings is 2. The van der Waals surface area contributed by atoms with Gasteiger partial charge in [-0.05, 0) is 48.5 Å². The molecule has 1 amide bonds. The lowest BCUT2D eigenvalue weighted by Crippen LogP contribution is -2.14. The zero-order valence-electron chi connectivity index (χ0n) is 12.6. The van der Waals surface area contributed by atoms with Crippen LogP contribution in [0.15, 0.2) is 54.7 Å². The second kappa shape index (κ2) is 7.46. The lowest BCUT2D eigenvalue weighted by Gasteiger charge is -2.08. The van der Waals surface area contributed by atoms with E-state index in [1.165, 1.54) is 36.5 Å². The molecule has 2 aromatic carbocycles. The van der Waals surface area contributed by atoms with E-state index < -0.39 is 5.91 Å². The monoisotopic (exact) mass is 376 g/mol. The number of nitrogens with one attached hydrogen (secondary N) is 2. The molecule has 0 aliphatic heterocycles. The van der Waals surface area contributed by atoms with Gasteiger partial charge in [0.15, 0.2) is 0 Å². The van der Waals surface area contributed by atoms with Crippen molar-refractivity contribution in [1.29, 1.82) is 0 Å². The van der Waals surface area contributed by atoms with Crippen molar-refractivity contribution in [3.8, 4) is 0 Å². The van der Waals surface area contributed by atoms with Crippen molar-refractivity contribution >= 4 is 46.4 Å². The summed E-state index contributed by atoms with van der Waals surface area (Å²) < 4.78 is 12.9. The molecule has 5 nitrogen and oxygen atoms in total. The second-order valence-electron chi connectivity index (χ2n) is 5.01. The van der Waals surface area contributed by atoms with E-state index in [1.807, 2.05) is 0 Å². The molecule has 3 aromatic rings. The third-order valence-corrected chi connectivity index (χ3v) is 3.55. The van der Waals surface area contributed by atoms with Gasteiger partial charge in [-0.3, -0.25) is 4.79 Å². The van der Waals surface area contributed by atoms with Crippen LogP contribution in [0.25, 0.3) is 0 Å². The maximum atomic E-state index is 12.9. The van der Waals surface area contributed by atoms with Gasteiger partial charge >= 0.3 is 0 Å². The number of hydrogen-bond donors (Lipinski definition) is 2. The smallest absolute Gasteiger partial charge is 0.274 e. The summed E-state index contributed by atoms with van der Waals surface area (Å²) in [6.45, 7) is 0. The van der Waals surface area contributed by atoms with E-state index in [0.29, 0.717) is 21.4 Å². The van der Waals surface area contributed by atoms with Gasteiger partial charge < -0.3 is 10.6 Å². The Balaban J connectivity index is 1.76. The minimum atomic E-state index is -0.443. The number of anilines is 3. The van der Waals surface area contributed by atoms with Gasteiger partial charge in [-0.15, -0.1) is 0 Å². The molecular formula is C17H11Cl2FN4O. The van der Waals surface area contributed by atoms with Crippen LogP contribution in [0.5, 0.6) is 0 Å². The molecule has 0 bridgehead atoms. The van der Waals surface area contributed by atoms with Crippen LogP contribution in [-0.2, 0) is 0 Å². The van der Waals surface area contributed by atoms with Gasteiger partial charge in [0.25, 0.3) is 5.91 Å². The largest absolute Gasteiger partial charge is 0.324 e. The highest BCUT2D eigenvalue weighted by atomic mass is 35.5. The number of rotatable bonds is 4. The molecule has 8 heteroatoms. The molecular weight excluding hydrogens is 366 g/mol.